The SMILES string of the molecule is CSCCC(N)C(=O)NC(CC(N)=O)C(=O)NC(Cc1cnc[nH]1)C(=O)NC(CCSC)C(=O)O. The van der Waals surface area contributed by atoms with Gasteiger partial charge < -0.3 is 37.5 Å². The monoisotopic (exact) mass is 531 g/mol. The molecular formula is C20H33N7O6S2. The predicted molar refractivity (Wildman–Crippen MR) is 134 cm³/mol. The van der Waals surface area contributed by atoms with Crippen LogP contribution in [0.25, 0.3) is 0 Å². The summed E-state index contributed by atoms with van der Waals surface area (Å²) in [6.45, 7) is 0. The Labute approximate surface area is 211 Å². The third kappa shape index (κ3) is 11.5. The molecule has 0 aliphatic heterocycles. The molecule has 4 atom stereocenters. The largest absolute Gasteiger partial charge is 0.480 e. The van der Waals surface area contributed by atoms with Gasteiger partial charge in [0.2, 0.25) is 23.6 Å². The van der Waals surface area contributed by atoms with E-state index in [2.05, 4.69) is 25.9 Å². The maximum atomic E-state index is 13.0. The fourth-order valence-corrected chi connectivity index (χ4v) is 3.89. The number of hydrogen-bond donors (Lipinski definition) is 7. The van der Waals surface area contributed by atoms with E-state index in [0.29, 0.717) is 23.6 Å². The number of carboxylic acid groups (broad SMARTS) is 1. The zero-order chi connectivity index (χ0) is 26.4. The number of amides is 4. The molecule has 0 fully saturated rings. The van der Waals surface area contributed by atoms with Gasteiger partial charge in [-0.3, -0.25) is 19.2 Å². The molecule has 35 heavy (non-hydrogen) atoms. The molecule has 9 N–H and O–H groups in total. The summed E-state index contributed by atoms with van der Waals surface area (Å²) in [5.41, 5.74) is 11.6. The second-order valence-corrected chi connectivity index (χ2v) is 9.61. The summed E-state index contributed by atoms with van der Waals surface area (Å²) in [5, 5.41) is 16.8. The maximum Gasteiger partial charge on any atom is 0.326 e. The first kappa shape index (κ1) is 30.3. The molecule has 0 aliphatic rings. The second-order valence-electron chi connectivity index (χ2n) is 7.64. The first-order chi connectivity index (χ1) is 16.6. The Kier molecular flexibility index (Phi) is 13.8. The van der Waals surface area contributed by atoms with Crippen LogP contribution in [0.4, 0.5) is 0 Å². The average Bonchev–Trinajstić information content (AvgIpc) is 3.31. The minimum absolute atomic E-state index is 0.0447. The third-order valence-electron chi connectivity index (χ3n) is 4.85. The van der Waals surface area contributed by atoms with Crippen LogP contribution in [-0.2, 0) is 30.4 Å². The van der Waals surface area contributed by atoms with Crippen molar-refractivity contribution < 1.29 is 29.1 Å². The summed E-state index contributed by atoms with van der Waals surface area (Å²) in [5.74, 6) is -3.17. The first-order valence-corrected chi connectivity index (χ1v) is 13.5. The lowest BCUT2D eigenvalue weighted by molar-refractivity contribution is -0.142. The highest BCUT2D eigenvalue weighted by Crippen LogP contribution is 2.06. The fourth-order valence-electron chi connectivity index (χ4n) is 2.93. The number of hydrogen-bond acceptors (Lipinski definition) is 9. The van der Waals surface area contributed by atoms with Crippen molar-refractivity contribution in [3.63, 3.8) is 0 Å². The van der Waals surface area contributed by atoms with Crippen LogP contribution in [0.1, 0.15) is 25.0 Å². The smallest absolute Gasteiger partial charge is 0.326 e. The van der Waals surface area contributed by atoms with Crippen molar-refractivity contribution in [2.24, 2.45) is 11.5 Å². The minimum Gasteiger partial charge on any atom is -0.480 e. The molecule has 0 radical (unpaired) electrons. The number of aromatic amines is 1. The molecule has 0 saturated carbocycles. The van der Waals surface area contributed by atoms with Gasteiger partial charge >= 0.3 is 5.97 Å². The molecule has 15 heteroatoms. The number of nitrogens with one attached hydrogen (secondary N) is 4. The van der Waals surface area contributed by atoms with Crippen LogP contribution < -0.4 is 27.4 Å². The van der Waals surface area contributed by atoms with Crippen molar-refractivity contribution in [1.82, 2.24) is 25.9 Å². The van der Waals surface area contributed by atoms with E-state index in [9.17, 15) is 29.1 Å². The van der Waals surface area contributed by atoms with Crippen LogP contribution in [0.3, 0.4) is 0 Å². The number of aromatic nitrogens is 2. The molecule has 0 aliphatic carbocycles. The van der Waals surface area contributed by atoms with Crippen molar-refractivity contribution in [3.05, 3.63) is 18.2 Å². The van der Waals surface area contributed by atoms with Gasteiger partial charge in [0.05, 0.1) is 18.8 Å². The number of aliphatic carboxylic acids is 1. The van der Waals surface area contributed by atoms with Gasteiger partial charge in [0.15, 0.2) is 0 Å². The molecule has 1 heterocycles. The number of primary amides is 1. The number of carbonyl (C=O) groups is 5. The molecule has 13 nitrogen and oxygen atoms in total. The number of thioether (sulfide) groups is 2. The van der Waals surface area contributed by atoms with E-state index in [-0.39, 0.29) is 12.8 Å². The van der Waals surface area contributed by atoms with Gasteiger partial charge in [0.1, 0.15) is 18.1 Å². The van der Waals surface area contributed by atoms with Gasteiger partial charge in [-0.1, -0.05) is 0 Å². The Hall–Kier alpha value is -2.78. The predicted octanol–water partition coefficient (Wildman–Crippen LogP) is -1.80. The topological polar surface area (TPSA) is 222 Å². The highest BCUT2D eigenvalue weighted by molar-refractivity contribution is 7.98. The average molecular weight is 532 g/mol. The van der Waals surface area contributed by atoms with E-state index in [1.165, 1.54) is 36.0 Å². The molecule has 0 aromatic carbocycles. The van der Waals surface area contributed by atoms with E-state index >= 15 is 0 Å². The fraction of sp³-hybridized carbons (Fsp3) is 0.600. The second kappa shape index (κ2) is 16.0. The molecule has 1 aromatic heterocycles. The van der Waals surface area contributed by atoms with Crippen molar-refractivity contribution in [1.29, 1.82) is 0 Å². The summed E-state index contributed by atoms with van der Waals surface area (Å²) in [4.78, 5) is 68.1. The molecule has 0 bridgehead atoms. The Morgan fingerprint density at radius 1 is 0.971 bits per heavy atom. The van der Waals surface area contributed by atoms with Crippen LogP contribution in [0.15, 0.2) is 12.5 Å². The van der Waals surface area contributed by atoms with Gasteiger partial charge in [-0.05, 0) is 36.9 Å². The Balaban J connectivity index is 3.02. The van der Waals surface area contributed by atoms with Crippen LogP contribution in [0, 0.1) is 0 Å². The van der Waals surface area contributed by atoms with Gasteiger partial charge in [-0.15, -0.1) is 0 Å². The highest BCUT2D eigenvalue weighted by atomic mass is 32.2. The molecule has 1 rings (SSSR count). The molecule has 0 saturated heterocycles. The van der Waals surface area contributed by atoms with E-state index < -0.39 is 60.2 Å². The minimum atomic E-state index is -1.37. The number of carboxylic acids is 1. The van der Waals surface area contributed by atoms with Crippen LogP contribution in [-0.4, -0.2) is 92.9 Å². The lowest BCUT2D eigenvalue weighted by atomic mass is 10.1. The van der Waals surface area contributed by atoms with E-state index in [0.717, 1.165) is 0 Å². The molecular weight excluding hydrogens is 498 g/mol. The zero-order valence-electron chi connectivity index (χ0n) is 19.6. The molecule has 0 spiro atoms. The number of H-pyrrole nitrogens is 1. The molecule has 196 valence electrons. The standard InChI is InChI=1S/C20H33N7O6S2/c1-34-5-3-12(21)17(29)26-15(8-16(22)28)19(31)27-14(7-11-9-23-10-24-11)18(30)25-13(20(32)33)4-6-35-2/h9-10,12-15H,3-8,21H2,1-2H3,(H2,22,28)(H,23,24)(H,25,30)(H,26,29)(H,27,31)(H,32,33). The quantitative estimate of drug-likeness (QED) is 0.119. The van der Waals surface area contributed by atoms with E-state index in [1.807, 2.05) is 12.5 Å². The molecule has 4 unspecified atom stereocenters. The highest BCUT2D eigenvalue weighted by Gasteiger charge is 2.31. The number of rotatable bonds is 17. The zero-order valence-corrected chi connectivity index (χ0v) is 21.2. The summed E-state index contributed by atoms with van der Waals surface area (Å²) in [6, 6.07) is -4.66. The lowest BCUT2D eigenvalue weighted by Gasteiger charge is -2.24. The molecule has 4 amide bonds. The van der Waals surface area contributed by atoms with Gasteiger partial charge in [-0.2, -0.15) is 23.5 Å². The van der Waals surface area contributed by atoms with Crippen molar-refractivity contribution in [3.8, 4) is 0 Å². The molecule has 1 aromatic rings. The third-order valence-corrected chi connectivity index (χ3v) is 6.13. The van der Waals surface area contributed by atoms with Gasteiger partial charge in [0, 0.05) is 18.3 Å². The van der Waals surface area contributed by atoms with Crippen molar-refractivity contribution in [2.45, 2.75) is 49.9 Å². The summed E-state index contributed by atoms with van der Waals surface area (Å²) < 4.78 is 0. The summed E-state index contributed by atoms with van der Waals surface area (Å²) in [6.07, 6.45) is 6.47. The normalized spacial score (nSPS) is 14.3. The number of nitrogens with two attached hydrogens (primary N) is 2. The van der Waals surface area contributed by atoms with Crippen molar-refractivity contribution >= 4 is 53.1 Å². The number of carbonyl (C=O) groups excluding carboxylic acids is 4. The maximum absolute atomic E-state index is 13.0. The van der Waals surface area contributed by atoms with Crippen LogP contribution in [0.5, 0.6) is 0 Å². The Bertz CT molecular complexity index is 855. The summed E-state index contributed by atoms with van der Waals surface area (Å²) >= 11 is 2.93. The lowest BCUT2D eigenvalue weighted by Crippen LogP contribution is -2.58. The van der Waals surface area contributed by atoms with Gasteiger partial charge in [-0.25, -0.2) is 9.78 Å². The number of nitrogens with zero attached hydrogens (tertiary/aromatic N) is 1. The van der Waals surface area contributed by atoms with E-state index in [4.69, 9.17) is 11.5 Å². The first-order valence-electron chi connectivity index (χ1n) is 10.7. The van der Waals surface area contributed by atoms with Crippen LogP contribution >= 0.6 is 23.5 Å². The summed E-state index contributed by atoms with van der Waals surface area (Å²) in [7, 11) is 0. The Morgan fingerprint density at radius 2 is 1.54 bits per heavy atom. The Morgan fingerprint density at radius 3 is 2.09 bits per heavy atom. The van der Waals surface area contributed by atoms with Gasteiger partial charge in [0.25, 0.3) is 0 Å². The number of imidazole rings is 1. The van der Waals surface area contributed by atoms with E-state index in [1.54, 1.807) is 0 Å². The van der Waals surface area contributed by atoms with Crippen LogP contribution in [0.2, 0.25) is 0 Å². The van der Waals surface area contributed by atoms with Crippen molar-refractivity contribution in [2.75, 3.05) is 24.0 Å².